The standard InChI is InChI=1S/C12H15BrClNO/c1-3-15-11-7(2)6-16-12-9(11)4-8(14)5-10(12)13/h4-5,7,11,15H,3,6H2,1-2H3. The van der Waals surface area contributed by atoms with Crippen molar-refractivity contribution >= 4 is 27.5 Å². The SMILES string of the molecule is CCNC1c2cc(Cl)cc(Br)c2OCC1C. The highest BCUT2D eigenvalue weighted by Crippen LogP contribution is 2.41. The van der Waals surface area contributed by atoms with Crippen molar-refractivity contribution in [2.24, 2.45) is 5.92 Å². The molecule has 2 nitrogen and oxygen atoms in total. The molecule has 16 heavy (non-hydrogen) atoms. The molecule has 2 atom stereocenters. The number of fused-ring (bicyclic) bond motifs is 1. The topological polar surface area (TPSA) is 21.3 Å². The summed E-state index contributed by atoms with van der Waals surface area (Å²) in [7, 11) is 0. The van der Waals surface area contributed by atoms with Gasteiger partial charge in [0.15, 0.2) is 0 Å². The second kappa shape index (κ2) is 4.94. The maximum absolute atomic E-state index is 6.08. The van der Waals surface area contributed by atoms with Gasteiger partial charge in [-0.05, 0) is 34.6 Å². The maximum Gasteiger partial charge on any atom is 0.138 e. The van der Waals surface area contributed by atoms with Crippen LogP contribution in [0, 0.1) is 5.92 Å². The normalized spacial score (nSPS) is 23.8. The van der Waals surface area contributed by atoms with E-state index in [-0.39, 0.29) is 0 Å². The summed E-state index contributed by atoms with van der Waals surface area (Å²) < 4.78 is 6.69. The summed E-state index contributed by atoms with van der Waals surface area (Å²) in [6.45, 7) is 5.98. The molecule has 0 radical (unpaired) electrons. The van der Waals surface area contributed by atoms with E-state index >= 15 is 0 Å². The second-order valence-corrected chi connectivity index (χ2v) is 5.42. The lowest BCUT2D eigenvalue weighted by atomic mass is 9.92. The van der Waals surface area contributed by atoms with Crippen molar-refractivity contribution in [3.05, 3.63) is 27.2 Å². The predicted molar refractivity (Wildman–Crippen MR) is 70.2 cm³/mol. The summed E-state index contributed by atoms with van der Waals surface area (Å²) in [6, 6.07) is 4.19. The molecule has 4 heteroatoms. The third kappa shape index (κ3) is 2.22. The van der Waals surface area contributed by atoms with Gasteiger partial charge in [0.05, 0.1) is 11.1 Å². The van der Waals surface area contributed by atoms with E-state index in [2.05, 4.69) is 35.1 Å². The largest absolute Gasteiger partial charge is 0.492 e. The van der Waals surface area contributed by atoms with E-state index in [1.165, 1.54) is 0 Å². The molecule has 0 fully saturated rings. The molecule has 1 aliphatic heterocycles. The number of halogens is 2. The Bertz CT molecular complexity index is 397. The summed E-state index contributed by atoms with van der Waals surface area (Å²) >= 11 is 9.58. The fourth-order valence-electron chi connectivity index (χ4n) is 2.11. The summed E-state index contributed by atoms with van der Waals surface area (Å²) in [6.07, 6.45) is 0. The minimum Gasteiger partial charge on any atom is -0.492 e. The van der Waals surface area contributed by atoms with Crippen molar-refractivity contribution in [2.45, 2.75) is 19.9 Å². The van der Waals surface area contributed by atoms with Crippen LogP contribution >= 0.6 is 27.5 Å². The van der Waals surface area contributed by atoms with Crippen molar-refractivity contribution in [3.8, 4) is 5.75 Å². The molecule has 0 aliphatic carbocycles. The second-order valence-electron chi connectivity index (χ2n) is 4.13. The van der Waals surface area contributed by atoms with Gasteiger partial charge >= 0.3 is 0 Å². The molecular formula is C12H15BrClNO. The highest BCUT2D eigenvalue weighted by atomic mass is 79.9. The maximum atomic E-state index is 6.08. The van der Waals surface area contributed by atoms with E-state index in [1.54, 1.807) is 0 Å². The highest BCUT2D eigenvalue weighted by molar-refractivity contribution is 9.10. The van der Waals surface area contributed by atoms with E-state index < -0.39 is 0 Å². The molecule has 0 aromatic heterocycles. The Morgan fingerprint density at radius 2 is 2.31 bits per heavy atom. The Morgan fingerprint density at radius 1 is 1.56 bits per heavy atom. The van der Waals surface area contributed by atoms with Gasteiger partial charge < -0.3 is 10.1 Å². The molecule has 0 amide bonds. The average molecular weight is 305 g/mol. The lowest BCUT2D eigenvalue weighted by Crippen LogP contribution is -2.34. The predicted octanol–water partition coefficient (Wildman–Crippen LogP) is 3.78. The molecule has 0 spiro atoms. The summed E-state index contributed by atoms with van der Waals surface area (Å²) in [5.74, 6) is 1.38. The van der Waals surface area contributed by atoms with E-state index in [1.807, 2.05) is 12.1 Å². The zero-order chi connectivity index (χ0) is 11.7. The summed E-state index contributed by atoms with van der Waals surface area (Å²) in [4.78, 5) is 0. The number of hydrogen-bond donors (Lipinski definition) is 1. The van der Waals surface area contributed by atoms with Gasteiger partial charge in [0.2, 0.25) is 0 Å². The smallest absolute Gasteiger partial charge is 0.138 e. The average Bonchev–Trinajstić information content (AvgIpc) is 2.22. The van der Waals surface area contributed by atoms with Crippen LogP contribution in [-0.4, -0.2) is 13.2 Å². The molecule has 1 aromatic carbocycles. The minimum absolute atomic E-state index is 0.323. The van der Waals surface area contributed by atoms with Gasteiger partial charge in [-0.2, -0.15) is 0 Å². The fourth-order valence-corrected chi connectivity index (χ4v) is 3.06. The van der Waals surface area contributed by atoms with E-state index in [4.69, 9.17) is 16.3 Å². The molecule has 0 bridgehead atoms. The molecule has 2 unspecified atom stereocenters. The van der Waals surface area contributed by atoms with Gasteiger partial charge in [0.1, 0.15) is 5.75 Å². The van der Waals surface area contributed by atoms with Crippen LogP contribution in [-0.2, 0) is 0 Å². The lowest BCUT2D eigenvalue weighted by Gasteiger charge is -2.32. The van der Waals surface area contributed by atoms with Gasteiger partial charge in [-0.1, -0.05) is 25.4 Å². The highest BCUT2D eigenvalue weighted by Gasteiger charge is 2.28. The first-order chi connectivity index (χ1) is 7.63. The summed E-state index contributed by atoms with van der Waals surface area (Å²) in [5, 5.41) is 4.23. The first kappa shape index (κ1) is 12.2. The molecule has 0 saturated heterocycles. The van der Waals surface area contributed by atoms with Crippen molar-refractivity contribution < 1.29 is 4.74 Å². The van der Waals surface area contributed by atoms with Crippen LogP contribution in [0.1, 0.15) is 25.5 Å². The molecule has 1 N–H and O–H groups in total. The third-order valence-corrected chi connectivity index (χ3v) is 3.66. The number of hydrogen-bond acceptors (Lipinski definition) is 2. The third-order valence-electron chi connectivity index (χ3n) is 2.86. The van der Waals surface area contributed by atoms with Crippen molar-refractivity contribution in [1.82, 2.24) is 5.32 Å². The number of ether oxygens (including phenoxy) is 1. The van der Waals surface area contributed by atoms with Crippen LogP contribution in [0.4, 0.5) is 0 Å². The minimum atomic E-state index is 0.323. The van der Waals surface area contributed by atoms with Gasteiger partial charge in [0.25, 0.3) is 0 Å². The first-order valence-corrected chi connectivity index (χ1v) is 6.65. The summed E-state index contributed by atoms with van der Waals surface area (Å²) in [5.41, 5.74) is 1.15. The van der Waals surface area contributed by atoms with E-state index in [0.717, 1.165) is 34.0 Å². The quantitative estimate of drug-likeness (QED) is 0.898. The van der Waals surface area contributed by atoms with Crippen molar-refractivity contribution in [3.63, 3.8) is 0 Å². The fraction of sp³-hybridized carbons (Fsp3) is 0.500. The Hall–Kier alpha value is -0.250. The number of rotatable bonds is 2. The van der Waals surface area contributed by atoms with E-state index in [9.17, 15) is 0 Å². The molecular weight excluding hydrogens is 289 g/mol. The van der Waals surface area contributed by atoms with Gasteiger partial charge in [-0.3, -0.25) is 0 Å². The van der Waals surface area contributed by atoms with Crippen LogP contribution in [0.2, 0.25) is 5.02 Å². The van der Waals surface area contributed by atoms with Crippen LogP contribution < -0.4 is 10.1 Å². The van der Waals surface area contributed by atoms with Crippen LogP contribution in [0.5, 0.6) is 5.75 Å². The molecule has 1 aliphatic rings. The van der Waals surface area contributed by atoms with Crippen LogP contribution in [0.15, 0.2) is 16.6 Å². The Morgan fingerprint density at radius 3 is 3.00 bits per heavy atom. The van der Waals surface area contributed by atoms with E-state index in [0.29, 0.717) is 12.0 Å². The van der Waals surface area contributed by atoms with Crippen molar-refractivity contribution in [2.75, 3.05) is 13.2 Å². The lowest BCUT2D eigenvalue weighted by molar-refractivity contribution is 0.188. The first-order valence-electron chi connectivity index (χ1n) is 5.48. The molecule has 2 rings (SSSR count). The van der Waals surface area contributed by atoms with Crippen LogP contribution in [0.3, 0.4) is 0 Å². The Labute approximate surface area is 109 Å². The molecule has 1 heterocycles. The van der Waals surface area contributed by atoms with Crippen molar-refractivity contribution in [1.29, 1.82) is 0 Å². The van der Waals surface area contributed by atoms with Gasteiger partial charge in [-0.15, -0.1) is 0 Å². The Kier molecular flexibility index (Phi) is 3.77. The Balaban J connectivity index is 2.45. The zero-order valence-corrected chi connectivity index (χ0v) is 11.7. The molecule has 1 aromatic rings. The molecule has 88 valence electrons. The van der Waals surface area contributed by atoms with Gasteiger partial charge in [-0.25, -0.2) is 0 Å². The number of benzene rings is 1. The van der Waals surface area contributed by atoms with Crippen LogP contribution in [0.25, 0.3) is 0 Å². The monoisotopic (exact) mass is 303 g/mol. The molecule has 0 saturated carbocycles. The number of nitrogens with one attached hydrogen (secondary N) is 1. The van der Waals surface area contributed by atoms with Gasteiger partial charge in [0, 0.05) is 22.5 Å². The zero-order valence-electron chi connectivity index (χ0n) is 9.39.